The molecule has 0 aromatic heterocycles. The van der Waals surface area contributed by atoms with Gasteiger partial charge in [0.2, 0.25) is 0 Å². The average molecular weight is 247 g/mol. The van der Waals surface area contributed by atoms with Crippen molar-refractivity contribution in [2.45, 2.75) is 0 Å². The fraction of sp³-hybridized carbons (Fsp3) is 0.100. The smallest absolute Gasteiger partial charge is 0.384 e. The van der Waals surface area contributed by atoms with Crippen molar-refractivity contribution in [3.05, 3.63) is 33.6 Å². The summed E-state index contributed by atoms with van der Waals surface area (Å²) in [4.78, 5) is 10.7. The molecule has 0 aliphatic carbocycles. The molecule has 0 spiro atoms. The van der Waals surface area contributed by atoms with Crippen molar-refractivity contribution in [3.8, 4) is 11.8 Å². The first kappa shape index (κ1) is 11.8. The number of carbonyl (C=O) groups is 1. The predicted octanol–water partition coefficient (Wildman–Crippen LogP) is 2.66. The largest absolute Gasteiger partial charge is 0.459 e. The highest BCUT2D eigenvalue weighted by molar-refractivity contribution is 6.36. The molecule has 0 saturated heterocycles. The second-order valence-electron chi connectivity index (χ2n) is 2.49. The minimum atomic E-state index is -0.716. The van der Waals surface area contributed by atoms with Crippen molar-refractivity contribution in [3.63, 3.8) is 0 Å². The van der Waals surface area contributed by atoms with E-state index in [1.165, 1.54) is 7.11 Å². The first-order chi connectivity index (χ1) is 7.04. The molecule has 0 aliphatic rings. The van der Waals surface area contributed by atoms with Gasteiger partial charge in [-0.05, 0) is 12.1 Å². The molecule has 5 heteroatoms. The first-order valence-electron chi connectivity index (χ1n) is 3.79. The molecule has 0 radical (unpaired) electrons. The van der Waals surface area contributed by atoms with Crippen molar-refractivity contribution in [1.82, 2.24) is 0 Å². The van der Waals surface area contributed by atoms with E-state index < -0.39 is 11.8 Å². The highest BCUT2D eigenvalue weighted by Gasteiger charge is 2.06. The third-order valence-electron chi connectivity index (χ3n) is 1.48. The van der Waals surface area contributed by atoms with Crippen molar-refractivity contribution in [2.75, 3.05) is 7.11 Å². The van der Waals surface area contributed by atoms with Gasteiger partial charge >= 0.3 is 5.97 Å². The maximum atomic E-state index is 12.8. The standard InChI is InChI=1S/C10H5Cl2FO2/c1-15-10(14)3-2-7-8(11)4-6(13)5-9(7)12/h4-5H,1H3. The zero-order chi connectivity index (χ0) is 11.4. The van der Waals surface area contributed by atoms with E-state index in [0.29, 0.717) is 0 Å². The van der Waals surface area contributed by atoms with Gasteiger partial charge < -0.3 is 4.74 Å². The molecule has 0 atom stereocenters. The van der Waals surface area contributed by atoms with Gasteiger partial charge in [-0.15, -0.1) is 0 Å². The van der Waals surface area contributed by atoms with Gasteiger partial charge in [0.1, 0.15) is 5.82 Å². The van der Waals surface area contributed by atoms with E-state index in [-0.39, 0.29) is 15.6 Å². The molecule has 0 amide bonds. The van der Waals surface area contributed by atoms with Gasteiger partial charge in [-0.1, -0.05) is 29.1 Å². The average Bonchev–Trinajstić information content (AvgIpc) is 2.15. The fourth-order valence-corrected chi connectivity index (χ4v) is 1.38. The van der Waals surface area contributed by atoms with Crippen LogP contribution in [0.25, 0.3) is 0 Å². The number of esters is 1. The molecular weight excluding hydrogens is 242 g/mol. The lowest BCUT2D eigenvalue weighted by molar-refractivity contribution is -0.133. The molecule has 15 heavy (non-hydrogen) atoms. The normalized spacial score (nSPS) is 9.07. The van der Waals surface area contributed by atoms with Gasteiger partial charge in [-0.2, -0.15) is 0 Å². The molecule has 78 valence electrons. The van der Waals surface area contributed by atoms with Crippen LogP contribution in [0.4, 0.5) is 4.39 Å². The van der Waals surface area contributed by atoms with Crippen LogP contribution in [-0.2, 0) is 9.53 Å². The van der Waals surface area contributed by atoms with Crippen LogP contribution in [0.1, 0.15) is 5.56 Å². The van der Waals surface area contributed by atoms with Crippen molar-refractivity contribution >= 4 is 29.2 Å². The topological polar surface area (TPSA) is 26.3 Å². The maximum Gasteiger partial charge on any atom is 0.384 e. The molecular formula is C10H5Cl2FO2. The SMILES string of the molecule is COC(=O)C#Cc1c(Cl)cc(F)cc1Cl. The van der Waals surface area contributed by atoms with Crippen LogP contribution in [0.3, 0.4) is 0 Å². The van der Waals surface area contributed by atoms with Gasteiger partial charge in [0.25, 0.3) is 0 Å². The highest BCUT2D eigenvalue weighted by atomic mass is 35.5. The Morgan fingerprint density at radius 2 is 1.93 bits per heavy atom. The van der Waals surface area contributed by atoms with Crippen LogP contribution >= 0.6 is 23.2 Å². The Balaban J connectivity index is 3.14. The second kappa shape index (κ2) is 5.01. The summed E-state index contributed by atoms with van der Waals surface area (Å²) in [6, 6.07) is 2.13. The number of hydrogen-bond acceptors (Lipinski definition) is 2. The van der Waals surface area contributed by atoms with Gasteiger partial charge in [-0.25, -0.2) is 9.18 Å². The van der Waals surface area contributed by atoms with E-state index in [9.17, 15) is 9.18 Å². The number of ether oxygens (including phenoxy) is 1. The summed E-state index contributed by atoms with van der Waals surface area (Å²) < 4.78 is 17.1. The van der Waals surface area contributed by atoms with Gasteiger partial charge in [-0.3, -0.25) is 0 Å². The summed E-state index contributed by atoms with van der Waals surface area (Å²) in [6.07, 6.45) is 0. The molecule has 0 heterocycles. The molecule has 0 unspecified atom stereocenters. The number of rotatable bonds is 0. The number of carbonyl (C=O) groups excluding carboxylic acids is 1. The molecule has 0 fully saturated rings. The summed E-state index contributed by atoms with van der Waals surface area (Å²) in [6.45, 7) is 0. The van der Waals surface area contributed by atoms with Crippen LogP contribution in [-0.4, -0.2) is 13.1 Å². The molecule has 1 aromatic rings. The Kier molecular flexibility index (Phi) is 3.96. The van der Waals surface area contributed by atoms with E-state index >= 15 is 0 Å². The Labute approximate surface area is 95.9 Å². The number of benzene rings is 1. The molecule has 0 N–H and O–H groups in total. The number of halogens is 3. The third kappa shape index (κ3) is 3.12. The van der Waals surface area contributed by atoms with Crippen LogP contribution in [0.15, 0.2) is 12.1 Å². The molecule has 0 bridgehead atoms. The maximum absolute atomic E-state index is 12.8. The van der Waals surface area contributed by atoms with E-state index in [4.69, 9.17) is 23.2 Å². The van der Waals surface area contributed by atoms with Crippen LogP contribution in [0.2, 0.25) is 10.0 Å². The first-order valence-corrected chi connectivity index (χ1v) is 4.54. The van der Waals surface area contributed by atoms with Crippen molar-refractivity contribution in [1.29, 1.82) is 0 Å². The van der Waals surface area contributed by atoms with E-state index in [2.05, 4.69) is 16.6 Å². The summed E-state index contributed by atoms with van der Waals surface area (Å²) in [5.74, 6) is 3.27. The van der Waals surface area contributed by atoms with Crippen molar-refractivity contribution < 1.29 is 13.9 Å². The minimum absolute atomic E-state index is 0.0522. The predicted molar refractivity (Wildman–Crippen MR) is 55.3 cm³/mol. The molecule has 1 rings (SSSR count). The summed E-state index contributed by atoms with van der Waals surface area (Å²) >= 11 is 11.4. The lowest BCUT2D eigenvalue weighted by atomic mass is 10.2. The zero-order valence-electron chi connectivity index (χ0n) is 7.61. The van der Waals surface area contributed by atoms with E-state index in [0.717, 1.165) is 12.1 Å². The van der Waals surface area contributed by atoms with Crippen molar-refractivity contribution in [2.24, 2.45) is 0 Å². The lowest BCUT2D eigenvalue weighted by Gasteiger charge is -1.99. The zero-order valence-corrected chi connectivity index (χ0v) is 9.12. The number of methoxy groups -OCH3 is 1. The van der Waals surface area contributed by atoms with Crippen LogP contribution in [0, 0.1) is 17.7 Å². The van der Waals surface area contributed by atoms with Gasteiger partial charge in [0, 0.05) is 5.92 Å². The number of hydrogen-bond donors (Lipinski definition) is 0. The summed E-state index contributed by atoms with van der Waals surface area (Å²) in [5, 5.41) is 0.104. The fourth-order valence-electron chi connectivity index (χ4n) is 0.826. The monoisotopic (exact) mass is 246 g/mol. The third-order valence-corrected chi connectivity index (χ3v) is 2.08. The Hall–Kier alpha value is -1.24. The van der Waals surface area contributed by atoms with Crippen LogP contribution < -0.4 is 0 Å². The summed E-state index contributed by atoms with van der Waals surface area (Å²) in [7, 11) is 1.20. The Morgan fingerprint density at radius 3 is 2.40 bits per heavy atom. The second-order valence-corrected chi connectivity index (χ2v) is 3.30. The summed E-state index contributed by atoms with van der Waals surface area (Å²) in [5.41, 5.74) is 0.199. The quantitative estimate of drug-likeness (QED) is 0.520. The van der Waals surface area contributed by atoms with Gasteiger partial charge in [0.15, 0.2) is 0 Å². The minimum Gasteiger partial charge on any atom is -0.459 e. The van der Waals surface area contributed by atoms with E-state index in [1.807, 2.05) is 0 Å². The van der Waals surface area contributed by atoms with E-state index in [1.54, 1.807) is 0 Å². The molecule has 0 saturated carbocycles. The van der Waals surface area contributed by atoms with Gasteiger partial charge in [0.05, 0.1) is 22.7 Å². The molecule has 1 aromatic carbocycles. The Morgan fingerprint density at radius 1 is 1.40 bits per heavy atom. The highest BCUT2D eigenvalue weighted by Crippen LogP contribution is 2.24. The van der Waals surface area contributed by atoms with Crippen LogP contribution in [0.5, 0.6) is 0 Å². The molecule has 2 nitrogen and oxygen atoms in total. The molecule has 0 aliphatic heterocycles. The Bertz CT molecular complexity index is 437. The lowest BCUT2D eigenvalue weighted by Crippen LogP contribution is -1.95.